The standard InChI is InChI=1S/C23H29F2N3O4/c1-28(2)11-14-3-4-16-12-32-13-21(19(16)7-14)26-10-22(29)20(27-23(30)31)8-15-5-17(24)9-18(25)6-15/h3-7,9,20-22,26-27,29H,8,10-13H2,1-2H3,(H,30,31)/t20-,21?,22-/m0/s1. The first kappa shape index (κ1) is 24.1. The van der Waals surface area contributed by atoms with E-state index in [1.165, 1.54) is 0 Å². The second-order valence-corrected chi connectivity index (χ2v) is 8.35. The first-order valence-electron chi connectivity index (χ1n) is 10.4. The van der Waals surface area contributed by atoms with Crippen molar-refractivity contribution in [3.63, 3.8) is 0 Å². The normalized spacial score (nSPS) is 17.6. The second kappa shape index (κ2) is 10.8. The third-order valence-corrected chi connectivity index (χ3v) is 5.35. The quantitative estimate of drug-likeness (QED) is 0.470. The Hall–Kier alpha value is -2.59. The van der Waals surface area contributed by atoms with Crippen molar-refractivity contribution in [3.8, 4) is 0 Å². The van der Waals surface area contributed by atoms with E-state index in [4.69, 9.17) is 9.84 Å². The van der Waals surface area contributed by atoms with Crippen LogP contribution in [0.5, 0.6) is 0 Å². The summed E-state index contributed by atoms with van der Waals surface area (Å²) in [5.41, 5.74) is 3.54. The Labute approximate surface area is 186 Å². The van der Waals surface area contributed by atoms with Gasteiger partial charge in [-0.1, -0.05) is 18.2 Å². The molecule has 3 atom stereocenters. The largest absolute Gasteiger partial charge is 0.465 e. The number of hydrogen-bond donors (Lipinski definition) is 4. The number of aliphatic hydroxyl groups excluding tert-OH is 1. The number of benzene rings is 2. The summed E-state index contributed by atoms with van der Waals surface area (Å²) in [6.45, 7) is 1.77. The molecule has 9 heteroatoms. The van der Waals surface area contributed by atoms with Crippen LogP contribution in [0.2, 0.25) is 0 Å². The lowest BCUT2D eigenvalue weighted by Gasteiger charge is -2.30. The highest BCUT2D eigenvalue weighted by Gasteiger charge is 2.26. The summed E-state index contributed by atoms with van der Waals surface area (Å²) < 4.78 is 32.7. The molecule has 2 aromatic carbocycles. The summed E-state index contributed by atoms with van der Waals surface area (Å²) in [6, 6.07) is 8.07. The molecule has 32 heavy (non-hydrogen) atoms. The molecule has 1 heterocycles. The number of amides is 1. The number of ether oxygens (including phenoxy) is 1. The van der Waals surface area contributed by atoms with Crippen molar-refractivity contribution in [1.29, 1.82) is 0 Å². The van der Waals surface area contributed by atoms with Crippen LogP contribution >= 0.6 is 0 Å². The van der Waals surface area contributed by atoms with Gasteiger partial charge in [0.25, 0.3) is 0 Å². The molecule has 2 aromatic rings. The topological polar surface area (TPSA) is 94.1 Å². The molecule has 0 bridgehead atoms. The average Bonchev–Trinajstić information content (AvgIpc) is 2.70. The van der Waals surface area contributed by atoms with Crippen LogP contribution < -0.4 is 10.6 Å². The van der Waals surface area contributed by atoms with Gasteiger partial charge in [-0.25, -0.2) is 13.6 Å². The third-order valence-electron chi connectivity index (χ3n) is 5.35. The molecule has 3 rings (SSSR count). The van der Waals surface area contributed by atoms with E-state index in [0.29, 0.717) is 13.2 Å². The van der Waals surface area contributed by atoms with E-state index in [2.05, 4.69) is 27.7 Å². The van der Waals surface area contributed by atoms with Crippen molar-refractivity contribution in [2.24, 2.45) is 0 Å². The highest BCUT2D eigenvalue weighted by molar-refractivity contribution is 5.65. The van der Waals surface area contributed by atoms with E-state index in [-0.39, 0.29) is 24.6 Å². The minimum Gasteiger partial charge on any atom is -0.465 e. The molecule has 0 saturated heterocycles. The Kier molecular flexibility index (Phi) is 8.14. The molecule has 0 spiro atoms. The molecule has 1 amide bonds. The second-order valence-electron chi connectivity index (χ2n) is 8.35. The lowest BCUT2D eigenvalue weighted by atomic mass is 9.95. The van der Waals surface area contributed by atoms with Crippen molar-refractivity contribution < 1.29 is 28.5 Å². The maximum absolute atomic E-state index is 13.5. The molecule has 1 unspecified atom stereocenters. The summed E-state index contributed by atoms with van der Waals surface area (Å²) >= 11 is 0. The summed E-state index contributed by atoms with van der Waals surface area (Å²) in [4.78, 5) is 13.3. The Morgan fingerprint density at radius 1 is 1.19 bits per heavy atom. The summed E-state index contributed by atoms with van der Waals surface area (Å²) in [7, 11) is 3.99. The minimum absolute atomic E-state index is 0.0609. The van der Waals surface area contributed by atoms with Gasteiger partial charge < -0.3 is 30.5 Å². The lowest BCUT2D eigenvalue weighted by molar-refractivity contribution is 0.0697. The monoisotopic (exact) mass is 449 g/mol. The van der Waals surface area contributed by atoms with Crippen LogP contribution in [0.15, 0.2) is 36.4 Å². The van der Waals surface area contributed by atoms with E-state index < -0.39 is 29.9 Å². The SMILES string of the molecule is CN(C)Cc1ccc2c(c1)C(NC[C@H](O)[C@H](Cc1cc(F)cc(F)c1)NC(=O)O)COC2. The molecular formula is C23H29F2N3O4. The van der Waals surface area contributed by atoms with Crippen molar-refractivity contribution in [1.82, 2.24) is 15.5 Å². The van der Waals surface area contributed by atoms with Gasteiger partial charge in [0.05, 0.1) is 31.4 Å². The minimum atomic E-state index is -1.33. The molecule has 1 aliphatic heterocycles. The first-order valence-corrected chi connectivity index (χ1v) is 10.4. The van der Waals surface area contributed by atoms with E-state index in [1.54, 1.807) is 0 Å². The number of nitrogens with one attached hydrogen (secondary N) is 2. The maximum atomic E-state index is 13.5. The molecule has 1 aliphatic rings. The average molecular weight is 449 g/mol. The number of rotatable bonds is 9. The molecule has 4 N–H and O–H groups in total. The first-order chi connectivity index (χ1) is 15.2. The van der Waals surface area contributed by atoms with E-state index in [0.717, 1.165) is 41.4 Å². The van der Waals surface area contributed by atoms with Gasteiger partial charge >= 0.3 is 6.09 Å². The van der Waals surface area contributed by atoms with Crippen LogP contribution in [0, 0.1) is 11.6 Å². The number of hydrogen-bond acceptors (Lipinski definition) is 5. The van der Waals surface area contributed by atoms with E-state index in [9.17, 15) is 18.7 Å². The van der Waals surface area contributed by atoms with Gasteiger partial charge in [-0.05, 0) is 54.9 Å². The van der Waals surface area contributed by atoms with Crippen LogP contribution in [0.4, 0.5) is 13.6 Å². The molecule has 0 radical (unpaired) electrons. The fourth-order valence-corrected chi connectivity index (χ4v) is 3.94. The molecule has 174 valence electrons. The van der Waals surface area contributed by atoms with Crippen LogP contribution in [-0.2, 0) is 24.3 Å². The van der Waals surface area contributed by atoms with Crippen LogP contribution in [0.3, 0.4) is 0 Å². The Balaban J connectivity index is 1.69. The predicted octanol–water partition coefficient (Wildman–Crippen LogP) is 2.43. The lowest BCUT2D eigenvalue weighted by Crippen LogP contribution is -2.49. The molecule has 7 nitrogen and oxygen atoms in total. The van der Waals surface area contributed by atoms with Gasteiger partial charge in [-0.15, -0.1) is 0 Å². The number of aliphatic hydroxyl groups is 1. The fourth-order valence-electron chi connectivity index (χ4n) is 3.94. The molecule has 0 aliphatic carbocycles. The zero-order valence-corrected chi connectivity index (χ0v) is 18.1. The fraction of sp³-hybridized carbons (Fsp3) is 0.435. The van der Waals surface area contributed by atoms with E-state index in [1.807, 2.05) is 20.2 Å². The predicted molar refractivity (Wildman–Crippen MR) is 115 cm³/mol. The van der Waals surface area contributed by atoms with Crippen molar-refractivity contribution in [2.75, 3.05) is 27.2 Å². The highest BCUT2D eigenvalue weighted by atomic mass is 19.1. The van der Waals surface area contributed by atoms with E-state index >= 15 is 0 Å². The smallest absolute Gasteiger partial charge is 0.404 e. The van der Waals surface area contributed by atoms with Gasteiger partial charge in [-0.3, -0.25) is 0 Å². The summed E-state index contributed by atoms with van der Waals surface area (Å²) in [5, 5.41) is 25.3. The zero-order valence-electron chi connectivity index (χ0n) is 18.1. The number of carbonyl (C=O) groups is 1. The van der Waals surface area contributed by atoms with Gasteiger partial charge in [0, 0.05) is 19.2 Å². The van der Waals surface area contributed by atoms with Gasteiger partial charge in [0.15, 0.2) is 0 Å². The third kappa shape index (κ3) is 6.70. The Morgan fingerprint density at radius 3 is 2.56 bits per heavy atom. The number of carboxylic acid groups (broad SMARTS) is 1. The molecule has 0 aromatic heterocycles. The van der Waals surface area contributed by atoms with Crippen LogP contribution in [0.25, 0.3) is 0 Å². The number of nitrogens with zero attached hydrogens (tertiary/aromatic N) is 1. The van der Waals surface area contributed by atoms with Gasteiger partial charge in [-0.2, -0.15) is 0 Å². The Bertz CT molecular complexity index is 921. The summed E-state index contributed by atoms with van der Waals surface area (Å²) in [6.07, 6.45) is -2.52. The maximum Gasteiger partial charge on any atom is 0.404 e. The number of halogens is 2. The highest BCUT2D eigenvalue weighted by Crippen LogP contribution is 2.26. The van der Waals surface area contributed by atoms with Crippen LogP contribution in [-0.4, -0.2) is 60.6 Å². The van der Waals surface area contributed by atoms with Gasteiger partial charge in [0.1, 0.15) is 11.6 Å². The van der Waals surface area contributed by atoms with Crippen molar-refractivity contribution in [2.45, 2.75) is 37.8 Å². The van der Waals surface area contributed by atoms with Crippen LogP contribution in [0.1, 0.15) is 28.3 Å². The number of fused-ring (bicyclic) bond motifs is 1. The van der Waals surface area contributed by atoms with Crippen molar-refractivity contribution >= 4 is 6.09 Å². The zero-order chi connectivity index (χ0) is 23.3. The van der Waals surface area contributed by atoms with Gasteiger partial charge in [0.2, 0.25) is 0 Å². The molecule has 0 fully saturated rings. The molecule has 0 saturated carbocycles. The molecular weight excluding hydrogens is 420 g/mol. The summed E-state index contributed by atoms with van der Waals surface area (Å²) in [5.74, 6) is -1.52. The Morgan fingerprint density at radius 2 is 1.91 bits per heavy atom. The van der Waals surface area contributed by atoms with Crippen molar-refractivity contribution in [3.05, 3.63) is 70.3 Å².